The van der Waals surface area contributed by atoms with Gasteiger partial charge in [-0.25, -0.2) is 0 Å². The summed E-state index contributed by atoms with van der Waals surface area (Å²) in [6.45, 7) is 2.78. The minimum atomic E-state index is -0.135. The second kappa shape index (κ2) is 7.68. The smallest absolute Gasteiger partial charge is 0.276 e. The molecule has 140 valence electrons. The van der Waals surface area contributed by atoms with Gasteiger partial charge in [-0.3, -0.25) is 4.79 Å². The highest BCUT2D eigenvalue weighted by Gasteiger charge is 2.34. The normalized spacial score (nSPS) is 16.8. The molecule has 0 aliphatic carbocycles. The Morgan fingerprint density at radius 2 is 2.04 bits per heavy atom. The Kier molecular flexibility index (Phi) is 5.11. The largest absolute Gasteiger partial charge is 0.361 e. The first-order valence-electron chi connectivity index (χ1n) is 9.15. The highest BCUT2D eigenvalue weighted by atomic mass is 79.9. The van der Waals surface area contributed by atoms with E-state index in [-0.39, 0.29) is 11.9 Å². The summed E-state index contributed by atoms with van der Waals surface area (Å²) in [6.07, 6.45) is 3.66. The van der Waals surface area contributed by atoms with Gasteiger partial charge in [0, 0.05) is 35.1 Å². The number of carbonyl (C=O) groups is 1. The minimum absolute atomic E-state index is 0.0697. The van der Waals surface area contributed by atoms with Gasteiger partial charge in [0.2, 0.25) is 0 Å². The fraction of sp³-hybridized carbons (Fsp3) is 0.350. The molecule has 2 aromatic heterocycles. The van der Waals surface area contributed by atoms with Crippen molar-refractivity contribution in [1.29, 1.82) is 0 Å². The molecule has 0 spiro atoms. The lowest BCUT2D eigenvalue weighted by Gasteiger charge is -2.21. The van der Waals surface area contributed by atoms with Crippen molar-refractivity contribution in [3.05, 3.63) is 58.0 Å². The maximum atomic E-state index is 13.0. The first-order valence-corrected chi connectivity index (χ1v) is 9.94. The standard InChI is InChI=1S/C20H20BrN3O3/c1-2-4-15-11-16(22-26-15)18-5-3-10-24(18)20(25)17-12-19(27-23-17)13-6-8-14(21)9-7-13/h6-9,11-12,18H,2-5,10H2,1H3/t18-/m1/s1. The van der Waals surface area contributed by atoms with Crippen LogP contribution in [0.15, 0.2) is 49.9 Å². The number of aromatic nitrogens is 2. The van der Waals surface area contributed by atoms with Crippen LogP contribution in [-0.4, -0.2) is 27.7 Å². The third kappa shape index (κ3) is 3.69. The van der Waals surface area contributed by atoms with E-state index in [1.165, 1.54) is 0 Å². The van der Waals surface area contributed by atoms with E-state index in [9.17, 15) is 4.79 Å². The molecule has 1 amide bonds. The number of hydrogen-bond acceptors (Lipinski definition) is 5. The van der Waals surface area contributed by atoms with Gasteiger partial charge >= 0.3 is 0 Å². The number of aryl methyl sites for hydroxylation is 1. The maximum absolute atomic E-state index is 13.0. The average molecular weight is 430 g/mol. The van der Waals surface area contributed by atoms with Crippen LogP contribution in [0.1, 0.15) is 54.2 Å². The molecule has 7 heteroatoms. The number of amides is 1. The second-order valence-corrected chi connectivity index (χ2v) is 7.62. The van der Waals surface area contributed by atoms with E-state index in [1.807, 2.05) is 35.2 Å². The van der Waals surface area contributed by atoms with E-state index in [0.717, 1.165) is 47.2 Å². The Hall–Kier alpha value is -2.41. The molecule has 1 fully saturated rings. The first kappa shape index (κ1) is 18.0. The monoisotopic (exact) mass is 429 g/mol. The SMILES string of the molecule is CCCc1cc([C@H]2CCCN2C(=O)c2cc(-c3ccc(Br)cc3)on2)no1. The number of carbonyl (C=O) groups excluding carboxylic acids is 1. The fourth-order valence-electron chi connectivity index (χ4n) is 3.44. The summed E-state index contributed by atoms with van der Waals surface area (Å²) in [6, 6.07) is 11.3. The lowest BCUT2D eigenvalue weighted by atomic mass is 10.1. The molecule has 1 saturated heterocycles. The van der Waals surface area contributed by atoms with E-state index in [0.29, 0.717) is 18.0 Å². The molecule has 3 heterocycles. The van der Waals surface area contributed by atoms with Crippen molar-refractivity contribution in [2.45, 2.75) is 38.6 Å². The van der Waals surface area contributed by atoms with Gasteiger partial charge < -0.3 is 13.9 Å². The molecule has 0 bridgehead atoms. The lowest BCUT2D eigenvalue weighted by Crippen LogP contribution is -2.30. The third-order valence-corrected chi connectivity index (χ3v) is 5.32. The van der Waals surface area contributed by atoms with Gasteiger partial charge in [-0.15, -0.1) is 0 Å². The Labute approximate surface area is 165 Å². The summed E-state index contributed by atoms with van der Waals surface area (Å²) in [4.78, 5) is 14.8. The minimum Gasteiger partial charge on any atom is -0.361 e. The summed E-state index contributed by atoms with van der Waals surface area (Å²) in [5, 5.41) is 8.19. The van der Waals surface area contributed by atoms with Crippen LogP contribution in [0, 0.1) is 0 Å². The predicted octanol–water partition coefficient (Wildman–Crippen LogP) is 5.02. The highest BCUT2D eigenvalue weighted by Crippen LogP contribution is 2.33. The molecule has 4 rings (SSSR count). The van der Waals surface area contributed by atoms with E-state index >= 15 is 0 Å². The summed E-state index contributed by atoms with van der Waals surface area (Å²) in [5.41, 5.74) is 2.02. The number of rotatable bonds is 5. The number of hydrogen-bond donors (Lipinski definition) is 0. The lowest BCUT2D eigenvalue weighted by molar-refractivity contribution is 0.0720. The Bertz CT molecular complexity index is 932. The first-order chi connectivity index (χ1) is 13.2. The van der Waals surface area contributed by atoms with Crippen LogP contribution in [-0.2, 0) is 6.42 Å². The molecular formula is C20H20BrN3O3. The van der Waals surface area contributed by atoms with Crippen LogP contribution in [0.2, 0.25) is 0 Å². The van der Waals surface area contributed by atoms with Crippen LogP contribution < -0.4 is 0 Å². The molecule has 0 saturated carbocycles. The highest BCUT2D eigenvalue weighted by molar-refractivity contribution is 9.10. The van der Waals surface area contributed by atoms with E-state index < -0.39 is 0 Å². The molecule has 3 aromatic rings. The zero-order valence-corrected chi connectivity index (χ0v) is 16.6. The maximum Gasteiger partial charge on any atom is 0.276 e. The van der Waals surface area contributed by atoms with Crippen LogP contribution in [0.4, 0.5) is 0 Å². The molecule has 0 N–H and O–H groups in total. The zero-order chi connectivity index (χ0) is 18.8. The number of halogens is 1. The van der Waals surface area contributed by atoms with Crippen LogP contribution in [0.25, 0.3) is 11.3 Å². The van der Waals surface area contributed by atoms with Gasteiger partial charge in [-0.1, -0.05) is 45.3 Å². The quantitative estimate of drug-likeness (QED) is 0.568. The molecule has 27 heavy (non-hydrogen) atoms. The van der Waals surface area contributed by atoms with Crippen molar-refractivity contribution in [3.63, 3.8) is 0 Å². The summed E-state index contributed by atoms with van der Waals surface area (Å²) in [7, 11) is 0. The number of benzene rings is 1. The van der Waals surface area contributed by atoms with Gasteiger partial charge in [0.1, 0.15) is 11.5 Å². The molecule has 1 aliphatic rings. The average Bonchev–Trinajstić information content (AvgIpc) is 3.42. The van der Waals surface area contributed by atoms with E-state index in [4.69, 9.17) is 9.05 Å². The van der Waals surface area contributed by atoms with Crippen LogP contribution in [0.3, 0.4) is 0 Å². The van der Waals surface area contributed by atoms with Crippen LogP contribution >= 0.6 is 15.9 Å². The Morgan fingerprint density at radius 3 is 2.81 bits per heavy atom. The molecule has 1 atom stereocenters. The van der Waals surface area contributed by atoms with Crippen molar-refractivity contribution in [2.24, 2.45) is 0 Å². The summed E-state index contributed by atoms with van der Waals surface area (Å²) < 4.78 is 11.8. The molecular weight excluding hydrogens is 410 g/mol. The molecule has 1 aromatic carbocycles. The summed E-state index contributed by atoms with van der Waals surface area (Å²) in [5.74, 6) is 1.31. The number of nitrogens with zero attached hydrogens (tertiary/aromatic N) is 3. The Morgan fingerprint density at radius 1 is 1.22 bits per heavy atom. The van der Waals surface area contributed by atoms with Crippen molar-refractivity contribution in [1.82, 2.24) is 15.2 Å². The van der Waals surface area contributed by atoms with Crippen molar-refractivity contribution in [2.75, 3.05) is 6.54 Å². The summed E-state index contributed by atoms with van der Waals surface area (Å²) >= 11 is 3.41. The van der Waals surface area contributed by atoms with Gasteiger partial charge in [0.15, 0.2) is 11.5 Å². The zero-order valence-electron chi connectivity index (χ0n) is 15.0. The van der Waals surface area contributed by atoms with Crippen LogP contribution in [0.5, 0.6) is 0 Å². The molecule has 0 radical (unpaired) electrons. The topological polar surface area (TPSA) is 72.4 Å². The third-order valence-electron chi connectivity index (χ3n) is 4.79. The van der Waals surface area contributed by atoms with E-state index in [1.54, 1.807) is 6.07 Å². The second-order valence-electron chi connectivity index (χ2n) is 6.71. The van der Waals surface area contributed by atoms with Crippen molar-refractivity contribution in [3.8, 4) is 11.3 Å². The van der Waals surface area contributed by atoms with Gasteiger partial charge in [-0.05, 0) is 31.4 Å². The molecule has 0 unspecified atom stereocenters. The fourth-order valence-corrected chi connectivity index (χ4v) is 3.71. The van der Waals surface area contributed by atoms with Crippen molar-refractivity contribution >= 4 is 21.8 Å². The van der Waals surface area contributed by atoms with E-state index in [2.05, 4.69) is 33.2 Å². The predicted molar refractivity (Wildman–Crippen MR) is 103 cm³/mol. The van der Waals surface area contributed by atoms with Gasteiger partial charge in [-0.2, -0.15) is 0 Å². The van der Waals surface area contributed by atoms with Gasteiger partial charge in [0.05, 0.1) is 6.04 Å². The number of likely N-dealkylation sites (tertiary alicyclic amines) is 1. The Balaban J connectivity index is 1.53. The molecule has 1 aliphatic heterocycles. The van der Waals surface area contributed by atoms with Crippen molar-refractivity contribution < 1.29 is 13.8 Å². The molecule has 6 nitrogen and oxygen atoms in total. The van der Waals surface area contributed by atoms with Gasteiger partial charge in [0.25, 0.3) is 5.91 Å².